The zero-order chi connectivity index (χ0) is 14.6. The second-order valence-electron chi connectivity index (χ2n) is 5.87. The Morgan fingerprint density at radius 3 is 2.60 bits per heavy atom. The van der Waals surface area contributed by atoms with Crippen molar-refractivity contribution < 1.29 is 5.11 Å². The van der Waals surface area contributed by atoms with Crippen LogP contribution in [0.4, 0.5) is 0 Å². The summed E-state index contributed by atoms with van der Waals surface area (Å²) in [4.78, 5) is 0. The Kier molecular flexibility index (Phi) is 5.74. The molecular weight excluding hydrogens is 293 g/mol. The van der Waals surface area contributed by atoms with E-state index in [0.29, 0.717) is 22.5 Å². The maximum atomic E-state index is 10.7. The predicted molar refractivity (Wildman–Crippen MR) is 85.7 cm³/mol. The Morgan fingerprint density at radius 1 is 1.30 bits per heavy atom. The smallest absolute Gasteiger partial charge is 0.0689 e. The molecule has 0 radical (unpaired) electrons. The first kappa shape index (κ1) is 16.1. The van der Waals surface area contributed by atoms with Crippen LogP contribution < -0.4 is 5.32 Å². The first-order chi connectivity index (χ1) is 9.52. The fourth-order valence-electron chi connectivity index (χ4n) is 2.90. The Labute approximate surface area is 131 Å². The second-order valence-corrected chi connectivity index (χ2v) is 6.71. The van der Waals surface area contributed by atoms with Crippen LogP contribution in [-0.2, 0) is 6.42 Å². The summed E-state index contributed by atoms with van der Waals surface area (Å²) in [5, 5.41) is 15.6. The fourth-order valence-corrected chi connectivity index (χ4v) is 3.38. The van der Waals surface area contributed by atoms with Gasteiger partial charge in [-0.15, -0.1) is 0 Å². The van der Waals surface area contributed by atoms with Crippen LogP contribution in [0.15, 0.2) is 18.2 Å². The molecule has 0 saturated heterocycles. The molecule has 0 unspecified atom stereocenters. The fraction of sp³-hybridized carbons (Fsp3) is 0.625. The van der Waals surface area contributed by atoms with E-state index in [1.807, 2.05) is 12.1 Å². The van der Waals surface area contributed by atoms with Gasteiger partial charge in [0.15, 0.2) is 0 Å². The van der Waals surface area contributed by atoms with Crippen molar-refractivity contribution in [3.05, 3.63) is 33.8 Å². The third kappa shape index (κ3) is 4.36. The number of benzene rings is 1. The van der Waals surface area contributed by atoms with E-state index in [1.165, 1.54) is 0 Å². The third-order valence-corrected chi connectivity index (χ3v) is 4.72. The summed E-state index contributed by atoms with van der Waals surface area (Å²) in [5.41, 5.74) is 0.362. The van der Waals surface area contributed by atoms with E-state index in [1.54, 1.807) is 6.07 Å². The molecule has 0 amide bonds. The third-order valence-electron chi connectivity index (χ3n) is 4.13. The van der Waals surface area contributed by atoms with Gasteiger partial charge >= 0.3 is 0 Å². The van der Waals surface area contributed by atoms with Crippen molar-refractivity contribution in [1.29, 1.82) is 0 Å². The Hall–Kier alpha value is -0.280. The quantitative estimate of drug-likeness (QED) is 0.853. The molecule has 0 atom stereocenters. The van der Waals surface area contributed by atoms with Crippen LogP contribution in [0.25, 0.3) is 0 Å². The van der Waals surface area contributed by atoms with Crippen molar-refractivity contribution in [2.45, 2.75) is 57.1 Å². The molecule has 1 aliphatic rings. The standard InChI is InChI=1S/C16H23Cl2NO/c1-2-9-19-14-5-7-16(20,8-6-14)11-12-3-4-13(17)10-15(12)18/h3-4,10,14,19-20H,2,5-9,11H2,1H3. The van der Waals surface area contributed by atoms with Gasteiger partial charge in [0.1, 0.15) is 0 Å². The van der Waals surface area contributed by atoms with E-state index < -0.39 is 5.60 Å². The summed E-state index contributed by atoms with van der Waals surface area (Å²) in [5.74, 6) is 0. The normalized spacial score (nSPS) is 26.7. The van der Waals surface area contributed by atoms with Crippen LogP contribution in [0.5, 0.6) is 0 Å². The van der Waals surface area contributed by atoms with Gasteiger partial charge in [-0.1, -0.05) is 36.2 Å². The van der Waals surface area contributed by atoms with Crippen molar-refractivity contribution in [3.8, 4) is 0 Å². The number of hydrogen-bond donors (Lipinski definition) is 2. The average Bonchev–Trinajstić information content (AvgIpc) is 2.42. The molecule has 0 aromatic heterocycles. The number of aliphatic hydroxyl groups is 1. The Bertz CT molecular complexity index is 442. The van der Waals surface area contributed by atoms with Gasteiger partial charge in [0, 0.05) is 22.5 Å². The summed E-state index contributed by atoms with van der Waals surface area (Å²) < 4.78 is 0. The van der Waals surface area contributed by atoms with E-state index in [0.717, 1.165) is 44.2 Å². The highest BCUT2D eigenvalue weighted by molar-refractivity contribution is 6.35. The lowest BCUT2D eigenvalue weighted by molar-refractivity contribution is -0.00304. The number of halogens is 2. The lowest BCUT2D eigenvalue weighted by atomic mass is 9.78. The van der Waals surface area contributed by atoms with E-state index in [4.69, 9.17) is 23.2 Å². The molecule has 0 spiro atoms. The number of nitrogens with one attached hydrogen (secondary N) is 1. The van der Waals surface area contributed by atoms with Crippen LogP contribution in [-0.4, -0.2) is 23.3 Å². The SMILES string of the molecule is CCCNC1CCC(O)(Cc2ccc(Cl)cc2Cl)CC1. The van der Waals surface area contributed by atoms with Crippen LogP contribution >= 0.6 is 23.2 Å². The molecule has 112 valence electrons. The van der Waals surface area contributed by atoms with Gasteiger partial charge < -0.3 is 10.4 Å². The summed E-state index contributed by atoms with van der Waals surface area (Å²) in [7, 11) is 0. The zero-order valence-electron chi connectivity index (χ0n) is 12.0. The maximum absolute atomic E-state index is 10.7. The highest BCUT2D eigenvalue weighted by atomic mass is 35.5. The monoisotopic (exact) mass is 315 g/mol. The molecule has 1 aromatic carbocycles. The van der Waals surface area contributed by atoms with Gasteiger partial charge in [0.25, 0.3) is 0 Å². The molecule has 1 aliphatic carbocycles. The minimum absolute atomic E-state index is 0.552. The van der Waals surface area contributed by atoms with Crippen LogP contribution in [0.3, 0.4) is 0 Å². The summed E-state index contributed by atoms with van der Waals surface area (Å²) in [6.07, 6.45) is 5.48. The van der Waals surface area contributed by atoms with Gasteiger partial charge in [-0.3, -0.25) is 0 Å². The topological polar surface area (TPSA) is 32.3 Å². The predicted octanol–water partition coefficient (Wildman–Crippen LogP) is 4.21. The zero-order valence-corrected chi connectivity index (χ0v) is 13.5. The summed E-state index contributed by atoms with van der Waals surface area (Å²) in [6.45, 7) is 3.24. The van der Waals surface area contributed by atoms with Gasteiger partial charge in [0.2, 0.25) is 0 Å². The molecular formula is C16H23Cl2NO. The first-order valence-electron chi connectivity index (χ1n) is 7.42. The molecule has 0 heterocycles. The Balaban J connectivity index is 1.93. The van der Waals surface area contributed by atoms with Crippen LogP contribution in [0.1, 0.15) is 44.6 Å². The summed E-state index contributed by atoms with van der Waals surface area (Å²) in [6, 6.07) is 6.05. The van der Waals surface area contributed by atoms with E-state index >= 15 is 0 Å². The van der Waals surface area contributed by atoms with Crippen molar-refractivity contribution in [3.63, 3.8) is 0 Å². The van der Waals surface area contributed by atoms with Gasteiger partial charge in [-0.05, 0) is 56.3 Å². The van der Waals surface area contributed by atoms with Crippen LogP contribution in [0, 0.1) is 0 Å². The largest absolute Gasteiger partial charge is 0.390 e. The first-order valence-corrected chi connectivity index (χ1v) is 8.18. The van der Waals surface area contributed by atoms with Gasteiger partial charge in [0.05, 0.1) is 5.60 Å². The number of rotatable bonds is 5. The Morgan fingerprint density at radius 2 is 2.00 bits per heavy atom. The van der Waals surface area contributed by atoms with Gasteiger partial charge in [-0.25, -0.2) is 0 Å². The molecule has 20 heavy (non-hydrogen) atoms. The highest BCUT2D eigenvalue weighted by Gasteiger charge is 2.33. The molecule has 4 heteroatoms. The minimum Gasteiger partial charge on any atom is -0.390 e. The molecule has 1 aromatic rings. The lowest BCUT2D eigenvalue weighted by Gasteiger charge is -2.36. The van der Waals surface area contributed by atoms with Crippen LogP contribution in [0.2, 0.25) is 10.0 Å². The molecule has 2 nitrogen and oxygen atoms in total. The van der Waals surface area contributed by atoms with E-state index in [-0.39, 0.29) is 0 Å². The summed E-state index contributed by atoms with van der Waals surface area (Å²) >= 11 is 12.1. The lowest BCUT2D eigenvalue weighted by Crippen LogP contribution is -2.42. The van der Waals surface area contributed by atoms with E-state index in [2.05, 4.69) is 12.2 Å². The van der Waals surface area contributed by atoms with Crippen molar-refractivity contribution >= 4 is 23.2 Å². The van der Waals surface area contributed by atoms with Crippen molar-refractivity contribution in [2.24, 2.45) is 0 Å². The highest BCUT2D eigenvalue weighted by Crippen LogP contribution is 2.34. The van der Waals surface area contributed by atoms with Gasteiger partial charge in [-0.2, -0.15) is 0 Å². The molecule has 1 saturated carbocycles. The molecule has 1 fully saturated rings. The van der Waals surface area contributed by atoms with Crippen molar-refractivity contribution in [2.75, 3.05) is 6.54 Å². The molecule has 0 aliphatic heterocycles. The van der Waals surface area contributed by atoms with E-state index in [9.17, 15) is 5.11 Å². The molecule has 0 bridgehead atoms. The molecule has 2 rings (SSSR count). The van der Waals surface area contributed by atoms with Crippen molar-refractivity contribution in [1.82, 2.24) is 5.32 Å². The maximum Gasteiger partial charge on any atom is 0.0689 e. The minimum atomic E-state index is -0.623. The molecule has 2 N–H and O–H groups in total. The average molecular weight is 316 g/mol. The number of hydrogen-bond acceptors (Lipinski definition) is 2. The second kappa shape index (κ2) is 7.13.